The van der Waals surface area contributed by atoms with Crippen molar-refractivity contribution in [3.63, 3.8) is 0 Å². The smallest absolute Gasteiger partial charge is 0.277 e. The lowest BCUT2D eigenvalue weighted by molar-refractivity contribution is 0.101. The summed E-state index contributed by atoms with van der Waals surface area (Å²) in [6.07, 6.45) is 1.61. The summed E-state index contributed by atoms with van der Waals surface area (Å²) in [4.78, 5) is 12.6. The summed E-state index contributed by atoms with van der Waals surface area (Å²) in [5, 5.41) is 13.3. The van der Waals surface area contributed by atoms with Crippen LogP contribution in [0.15, 0.2) is 54.7 Å². The molecule has 0 radical (unpaired) electrons. The molecule has 0 aliphatic heterocycles. The predicted molar refractivity (Wildman–Crippen MR) is 130 cm³/mol. The maximum Gasteiger partial charge on any atom is 0.277 e. The third kappa shape index (κ3) is 5.45. The van der Waals surface area contributed by atoms with Crippen molar-refractivity contribution < 1.29 is 9.53 Å². The average molecular weight is 525 g/mol. The molecule has 2 aromatic heterocycles. The second-order valence-corrected chi connectivity index (χ2v) is 8.68. The van der Waals surface area contributed by atoms with Crippen LogP contribution in [0.25, 0.3) is 0 Å². The Kier molecular flexibility index (Phi) is 7.14. The maximum absolute atomic E-state index is 12.6. The van der Waals surface area contributed by atoms with Crippen LogP contribution in [0, 0.1) is 6.92 Å². The monoisotopic (exact) mass is 523 g/mol. The molecular formula is C22H17Cl4N5O2. The van der Waals surface area contributed by atoms with Gasteiger partial charge in [-0.2, -0.15) is 10.2 Å². The normalized spacial score (nSPS) is 10.9. The van der Waals surface area contributed by atoms with E-state index in [1.165, 1.54) is 4.68 Å². The van der Waals surface area contributed by atoms with Crippen molar-refractivity contribution in [2.24, 2.45) is 0 Å². The molecule has 11 heteroatoms. The molecule has 7 nitrogen and oxygen atoms in total. The van der Waals surface area contributed by atoms with E-state index in [0.29, 0.717) is 38.2 Å². The molecule has 0 aliphatic rings. The fraction of sp³-hybridized carbons (Fsp3) is 0.136. The number of anilines is 1. The number of hydrogen-bond donors (Lipinski definition) is 1. The Morgan fingerprint density at radius 2 is 1.61 bits per heavy atom. The molecule has 0 fully saturated rings. The standard InChI is InChI=1S/C22H17Cl4N5O2/c1-13-10-20(29-31(13)11-14-15(23)4-2-5-16(14)24)27-22(32)19-8-9-30(28-19)12-33-21-17(25)6-3-7-18(21)26/h2-10H,11-12H2,1H3,(H,27,29,32). The van der Waals surface area contributed by atoms with Gasteiger partial charge < -0.3 is 10.1 Å². The zero-order valence-corrected chi connectivity index (χ0v) is 20.3. The molecule has 170 valence electrons. The van der Waals surface area contributed by atoms with Crippen LogP contribution >= 0.6 is 46.4 Å². The van der Waals surface area contributed by atoms with E-state index in [1.54, 1.807) is 59.4 Å². The molecule has 1 amide bonds. The van der Waals surface area contributed by atoms with Crippen LogP contribution < -0.4 is 10.1 Å². The first-order valence-electron chi connectivity index (χ1n) is 9.71. The number of halogens is 4. The van der Waals surface area contributed by atoms with Gasteiger partial charge in [0.25, 0.3) is 5.91 Å². The molecule has 0 atom stereocenters. The zero-order chi connectivity index (χ0) is 23.5. The molecule has 0 spiro atoms. The van der Waals surface area contributed by atoms with E-state index in [9.17, 15) is 4.79 Å². The van der Waals surface area contributed by atoms with Gasteiger partial charge in [-0.3, -0.25) is 9.48 Å². The Labute approximate surface area is 209 Å². The highest BCUT2D eigenvalue weighted by atomic mass is 35.5. The van der Waals surface area contributed by atoms with Crippen molar-refractivity contribution in [3.8, 4) is 5.75 Å². The fourth-order valence-corrected chi connectivity index (χ4v) is 4.07. The summed E-state index contributed by atoms with van der Waals surface area (Å²) < 4.78 is 8.79. The van der Waals surface area contributed by atoms with Gasteiger partial charge in [-0.05, 0) is 37.3 Å². The third-order valence-electron chi connectivity index (χ3n) is 4.73. The second-order valence-electron chi connectivity index (χ2n) is 7.05. The van der Waals surface area contributed by atoms with Crippen LogP contribution in [-0.2, 0) is 13.3 Å². The molecule has 33 heavy (non-hydrogen) atoms. The number of rotatable bonds is 7. The molecule has 0 saturated heterocycles. The Bertz CT molecular complexity index is 1280. The van der Waals surface area contributed by atoms with E-state index in [1.807, 2.05) is 6.92 Å². The number of benzene rings is 2. The number of aromatic nitrogens is 4. The number of carbonyl (C=O) groups is 1. The van der Waals surface area contributed by atoms with Gasteiger partial charge in [-0.15, -0.1) is 0 Å². The third-order valence-corrected chi connectivity index (χ3v) is 6.03. The van der Waals surface area contributed by atoms with E-state index in [4.69, 9.17) is 51.1 Å². The average Bonchev–Trinajstić information content (AvgIpc) is 3.37. The Hall–Kier alpha value is -2.71. The minimum absolute atomic E-state index is 0.0308. The maximum atomic E-state index is 12.6. The van der Waals surface area contributed by atoms with Crippen LogP contribution in [0.2, 0.25) is 20.1 Å². The van der Waals surface area contributed by atoms with Crippen LogP contribution in [0.3, 0.4) is 0 Å². The van der Waals surface area contributed by atoms with Gasteiger partial charge in [0.1, 0.15) is 0 Å². The minimum atomic E-state index is -0.412. The highest BCUT2D eigenvalue weighted by Gasteiger charge is 2.15. The van der Waals surface area contributed by atoms with Crippen LogP contribution in [0.4, 0.5) is 5.82 Å². The van der Waals surface area contributed by atoms with Crippen LogP contribution in [-0.4, -0.2) is 25.5 Å². The van der Waals surface area contributed by atoms with Gasteiger partial charge in [0, 0.05) is 33.6 Å². The molecule has 2 heterocycles. The zero-order valence-electron chi connectivity index (χ0n) is 17.2. The summed E-state index contributed by atoms with van der Waals surface area (Å²) in [5.41, 5.74) is 1.78. The number of hydrogen-bond acceptors (Lipinski definition) is 4. The number of nitrogens with one attached hydrogen (secondary N) is 1. The number of carbonyl (C=O) groups excluding carboxylic acids is 1. The molecule has 1 N–H and O–H groups in total. The molecule has 0 bridgehead atoms. The van der Waals surface area contributed by atoms with E-state index in [2.05, 4.69) is 15.5 Å². The lowest BCUT2D eigenvalue weighted by Gasteiger charge is -2.09. The van der Waals surface area contributed by atoms with E-state index in [0.717, 1.165) is 11.3 Å². The predicted octanol–water partition coefficient (Wildman–Crippen LogP) is 6.34. The van der Waals surface area contributed by atoms with Crippen molar-refractivity contribution in [3.05, 3.63) is 91.8 Å². The lowest BCUT2D eigenvalue weighted by atomic mass is 10.2. The Morgan fingerprint density at radius 1 is 0.970 bits per heavy atom. The van der Waals surface area contributed by atoms with Crippen molar-refractivity contribution in [2.45, 2.75) is 20.2 Å². The lowest BCUT2D eigenvalue weighted by Crippen LogP contribution is -2.15. The summed E-state index contributed by atoms with van der Waals surface area (Å²) in [5.74, 6) is 0.321. The Morgan fingerprint density at radius 3 is 2.27 bits per heavy atom. The molecule has 0 saturated carbocycles. The summed E-state index contributed by atoms with van der Waals surface area (Å²) in [6, 6.07) is 13.7. The highest BCUT2D eigenvalue weighted by Crippen LogP contribution is 2.32. The molecule has 0 aliphatic carbocycles. The highest BCUT2D eigenvalue weighted by molar-refractivity contribution is 6.37. The minimum Gasteiger partial charge on any atom is -0.468 e. The number of para-hydroxylation sites is 1. The number of ether oxygens (including phenoxy) is 1. The Balaban J connectivity index is 1.41. The fourth-order valence-electron chi connectivity index (χ4n) is 3.05. The van der Waals surface area contributed by atoms with E-state index >= 15 is 0 Å². The van der Waals surface area contributed by atoms with Crippen molar-refractivity contribution in [1.82, 2.24) is 19.6 Å². The number of nitrogens with zero attached hydrogens (tertiary/aromatic N) is 4. The van der Waals surface area contributed by atoms with Gasteiger partial charge in [-0.1, -0.05) is 58.5 Å². The molecular weight excluding hydrogens is 508 g/mol. The number of amides is 1. The van der Waals surface area contributed by atoms with Gasteiger partial charge in [-0.25, -0.2) is 4.68 Å². The first-order valence-corrected chi connectivity index (χ1v) is 11.2. The van der Waals surface area contributed by atoms with Crippen molar-refractivity contribution in [1.29, 1.82) is 0 Å². The van der Waals surface area contributed by atoms with Crippen molar-refractivity contribution >= 4 is 58.1 Å². The molecule has 2 aromatic carbocycles. The van der Waals surface area contributed by atoms with Gasteiger partial charge in [0.15, 0.2) is 24.0 Å². The van der Waals surface area contributed by atoms with E-state index in [-0.39, 0.29) is 12.4 Å². The molecule has 4 rings (SSSR count). The van der Waals surface area contributed by atoms with Crippen LogP contribution in [0.5, 0.6) is 5.75 Å². The molecule has 4 aromatic rings. The number of aryl methyl sites for hydroxylation is 1. The second kappa shape index (κ2) is 10.1. The SMILES string of the molecule is Cc1cc(NC(=O)c2ccn(COc3c(Cl)cccc3Cl)n2)nn1Cc1c(Cl)cccc1Cl. The van der Waals surface area contributed by atoms with Gasteiger partial charge in [0.2, 0.25) is 0 Å². The van der Waals surface area contributed by atoms with Crippen molar-refractivity contribution in [2.75, 3.05) is 5.32 Å². The quantitative estimate of drug-likeness (QED) is 0.306. The summed E-state index contributed by atoms with van der Waals surface area (Å²) in [7, 11) is 0. The first kappa shape index (κ1) is 23.4. The largest absolute Gasteiger partial charge is 0.468 e. The summed E-state index contributed by atoms with van der Waals surface area (Å²) in [6.45, 7) is 2.28. The van der Waals surface area contributed by atoms with Gasteiger partial charge in [0.05, 0.1) is 16.6 Å². The molecule has 0 unspecified atom stereocenters. The van der Waals surface area contributed by atoms with Gasteiger partial charge >= 0.3 is 0 Å². The summed E-state index contributed by atoms with van der Waals surface area (Å²) >= 11 is 24.7. The first-order chi connectivity index (χ1) is 15.8. The van der Waals surface area contributed by atoms with Crippen LogP contribution in [0.1, 0.15) is 21.7 Å². The topological polar surface area (TPSA) is 74.0 Å². The van der Waals surface area contributed by atoms with E-state index < -0.39 is 5.91 Å².